The Morgan fingerprint density at radius 2 is 1.47 bits per heavy atom. The maximum absolute atomic E-state index is 12.9. The number of nitrogens with zero attached hydrogens (tertiary/aromatic N) is 2. The summed E-state index contributed by atoms with van der Waals surface area (Å²) in [7, 11) is -1.15. The molecule has 0 bridgehead atoms. The number of imidazole rings is 1. The quantitative estimate of drug-likeness (QED) is 0.261. The fraction of sp³-hybridized carbons (Fsp3) is 0.107. The minimum Gasteiger partial charge on any atom is -0.493 e. The first kappa shape index (κ1) is 23.4. The van der Waals surface area contributed by atoms with Crippen molar-refractivity contribution in [2.45, 2.75) is 11.4 Å². The van der Waals surface area contributed by atoms with Crippen LogP contribution in [0.3, 0.4) is 0 Å². The van der Waals surface area contributed by atoms with Crippen molar-refractivity contribution in [3.8, 4) is 28.6 Å². The average Bonchev–Trinajstić information content (AvgIpc) is 3.27. The molecule has 182 valence electrons. The normalized spacial score (nSPS) is 11.4. The second-order valence-corrected chi connectivity index (χ2v) is 9.62. The molecule has 0 saturated carbocycles. The third kappa shape index (κ3) is 4.63. The number of fused-ring (bicyclic) bond motifs is 1. The van der Waals surface area contributed by atoms with Gasteiger partial charge in [-0.1, -0.05) is 42.5 Å². The average molecular weight is 501 g/mol. The zero-order valence-electron chi connectivity index (χ0n) is 19.8. The Kier molecular flexibility index (Phi) is 6.35. The van der Waals surface area contributed by atoms with Crippen LogP contribution in [-0.2, 0) is 16.7 Å². The van der Waals surface area contributed by atoms with E-state index in [4.69, 9.17) is 18.6 Å². The van der Waals surface area contributed by atoms with Gasteiger partial charge in [-0.05, 0) is 54.1 Å². The summed E-state index contributed by atoms with van der Waals surface area (Å²) in [5, 5.41) is 0. The Morgan fingerprint density at radius 3 is 2.19 bits per heavy atom. The number of methoxy groups -OCH3 is 2. The highest BCUT2D eigenvalue weighted by Gasteiger charge is 2.20. The molecule has 0 aliphatic carbocycles. The largest absolute Gasteiger partial charge is 0.493 e. The van der Waals surface area contributed by atoms with Crippen LogP contribution in [0.4, 0.5) is 0 Å². The van der Waals surface area contributed by atoms with Crippen LogP contribution in [0, 0.1) is 0 Å². The molecule has 0 aliphatic heterocycles. The van der Waals surface area contributed by atoms with Crippen LogP contribution in [-0.4, -0.2) is 32.2 Å². The second kappa shape index (κ2) is 9.75. The molecule has 7 nitrogen and oxygen atoms in total. The molecule has 0 amide bonds. The van der Waals surface area contributed by atoms with Gasteiger partial charge in [-0.15, -0.1) is 0 Å². The molecule has 8 heteroatoms. The van der Waals surface area contributed by atoms with E-state index in [1.165, 1.54) is 32.4 Å². The third-order valence-corrected chi connectivity index (χ3v) is 7.04. The van der Waals surface area contributed by atoms with Crippen LogP contribution in [0.25, 0.3) is 22.4 Å². The molecule has 1 aromatic heterocycles. The Morgan fingerprint density at radius 1 is 0.778 bits per heavy atom. The number of hydrogen-bond donors (Lipinski definition) is 0. The fourth-order valence-corrected chi connectivity index (χ4v) is 4.98. The molecule has 0 fully saturated rings. The van der Waals surface area contributed by atoms with E-state index < -0.39 is 10.1 Å². The van der Waals surface area contributed by atoms with Crippen molar-refractivity contribution < 1.29 is 22.1 Å². The van der Waals surface area contributed by atoms with Crippen molar-refractivity contribution in [3.63, 3.8) is 0 Å². The summed E-state index contributed by atoms with van der Waals surface area (Å²) >= 11 is 0. The van der Waals surface area contributed by atoms with Gasteiger partial charge in [0.2, 0.25) is 0 Å². The van der Waals surface area contributed by atoms with Crippen LogP contribution < -0.4 is 13.7 Å². The van der Waals surface area contributed by atoms with Crippen molar-refractivity contribution in [2.24, 2.45) is 0 Å². The molecule has 4 aromatic carbocycles. The van der Waals surface area contributed by atoms with E-state index in [0.717, 1.165) is 28.0 Å². The van der Waals surface area contributed by atoms with E-state index >= 15 is 0 Å². The number of para-hydroxylation sites is 2. The van der Waals surface area contributed by atoms with Gasteiger partial charge in [0.15, 0.2) is 11.5 Å². The first-order valence-corrected chi connectivity index (χ1v) is 12.7. The smallest absolute Gasteiger partial charge is 0.339 e. The molecule has 1 heterocycles. The van der Waals surface area contributed by atoms with Crippen molar-refractivity contribution in [2.75, 3.05) is 14.2 Å². The topological polar surface area (TPSA) is 79.7 Å². The summed E-state index contributed by atoms with van der Waals surface area (Å²) in [5.41, 5.74) is 3.91. The first-order chi connectivity index (χ1) is 17.5. The van der Waals surface area contributed by atoms with Crippen LogP contribution in [0.5, 0.6) is 17.2 Å². The maximum Gasteiger partial charge on any atom is 0.339 e. The van der Waals surface area contributed by atoms with Gasteiger partial charge in [-0.2, -0.15) is 8.42 Å². The van der Waals surface area contributed by atoms with E-state index in [2.05, 4.69) is 16.7 Å². The number of ether oxygens (including phenoxy) is 2. The summed E-state index contributed by atoms with van der Waals surface area (Å²) in [6.45, 7) is 0.655. The van der Waals surface area contributed by atoms with Gasteiger partial charge >= 0.3 is 10.1 Å². The van der Waals surface area contributed by atoms with Gasteiger partial charge in [0.25, 0.3) is 0 Å². The lowest BCUT2D eigenvalue weighted by Gasteiger charge is -2.12. The van der Waals surface area contributed by atoms with Crippen molar-refractivity contribution in [3.05, 3.63) is 103 Å². The molecule has 0 unspecified atom stereocenters. The molecule has 5 rings (SSSR count). The molecule has 0 aliphatic rings. The van der Waals surface area contributed by atoms with E-state index in [1.54, 1.807) is 12.1 Å². The Hall–Kier alpha value is -4.30. The van der Waals surface area contributed by atoms with Gasteiger partial charge in [0, 0.05) is 18.2 Å². The fourth-order valence-electron chi connectivity index (χ4n) is 4.03. The third-order valence-electron chi connectivity index (χ3n) is 5.80. The van der Waals surface area contributed by atoms with E-state index in [0.29, 0.717) is 18.0 Å². The molecular weight excluding hydrogens is 476 g/mol. The number of rotatable bonds is 8. The van der Waals surface area contributed by atoms with Gasteiger partial charge < -0.3 is 18.2 Å². The SMILES string of the molecule is COc1ccc(S(=O)(=O)Oc2ccc(-c3nc4ccccc4n3Cc3ccccc3)cc2)cc1OC. The molecule has 36 heavy (non-hydrogen) atoms. The second-order valence-electron chi connectivity index (χ2n) is 8.07. The zero-order valence-corrected chi connectivity index (χ0v) is 20.6. The van der Waals surface area contributed by atoms with Gasteiger partial charge in [-0.25, -0.2) is 4.98 Å². The van der Waals surface area contributed by atoms with Crippen molar-refractivity contribution >= 4 is 21.2 Å². The summed E-state index contributed by atoms with van der Waals surface area (Å²) in [5.74, 6) is 1.71. The first-order valence-electron chi connectivity index (χ1n) is 11.2. The molecule has 0 radical (unpaired) electrons. The lowest BCUT2D eigenvalue weighted by atomic mass is 10.2. The zero-order chi connectivity index (χ0) is 25.1. The molecule has 0 N–H and O–H groups in total. The van der Waals surface area contributed by atoms with Crippen LogP contribution >= 0.6 is 0 Å². The Balaban J connectivity index is 1.45. The summed E-state index contributed by atoms with van der Waals surface area (Å²) < 4.78 is 43.7. The molecular formula is C28H24N2O5S. The van der Waals surface area contributed by atoms with Crippen LogP contribution in [0.1, 0.15) is 5.56 Å². The van der Waals surface area contributed by atoms with Crippen molar-refractivity contribution in [1.82, 2.24) is 9.55 Å². The van der Waals surface area contributed by atoms with Gasteiger partial charge in [-0.3, -0.25) is 0 Å². The van der Waals surface area contributed by atoms with Crippen LogP contribution in [0.15, 0.2) is 102 Å². The Bertz CT molecular complexity index is 1610. The number of hydrogen-bond acceptors (Lipinski definition) is 6. The summed E-state index contributed by atoms with van der Waals surface area (Å²) in [6.07, 6.45) is 0. The molecule has 0 spiro atoms. The number of benzene rings is 4. The predicted octanol–water partition coefficient (Wildman–Crippen LogP) is 5.54. The Labute approximate surface area is 209 Å². The van der Waals surface area contributed by atoms with Crippen molar-refractivity contribution in [1.29, 1.82) is 0 Å². The maximum atomic E-state index is 12.9. The van der Waals surface area contributed by atoms with Crippen LogP contribution in [0.2, 0.25) is 0 Å². The van der Waals surface area contributed by atoms with E-state index in [9.17, 15) is 8.42 Å². The highest BCUT2D eigenvalue weighted by atomic mass is 32.2. The number of aromatic nitrogens is 2. The highest BCUT2D eigenvalue weighted by molar-refractivity contribution is 7.87. The molecule has 0 saturated heterocycles. The summed E-state index contributed by atoms with van der Waals surface area (Å²) in [6, 6.07) is 29.3. The van der Waals surface area contributed by atoms with Gasteiger partial charge in [0.05, 0.1) is 25.3 Å². The molecule has 0 atom stereocenters. The minimum absolute atomic E-state index is 0.0334. The minimum atomic E-state index is -4.07. The standard InChI is InChI=1S/C28H24N2O5S/c1-33-26-17-16-23(18-27(26)34-2)36(31,32)35-22-14-12-21(13-15-22)28-29-24-10-6-7-11-25(24)30(28)19-20-8-4-3-5-9-20/h3-18H,19H2,1-2H3. The lowest BCUT2D eigenvalue weighted by molar-refractivity contribution is 0.353. The van der Waals surface area contributed by atoms with E-state index in [-0.39, 0.29) is 10.6 Å². The molecule has 5 aromatic rings. The summed E-state index contributed by atoms with van der Waals surface area (Å²) in [4.78, 5) is 4.81. The predicted molar refractivity (Wildman–Crippen MR) is 138 cm³/mol. The highest BCUT2D eigenvalue weighted by Crippen LogP contribution is 2.32. The monoisotopic (exact) mass is 500 g/mol. The van der Waals surface area contributed by atoms with E-state index in [1.807, 2.05) is 54.6 Å². The lowest BCUT2D eigenvalue weighted by Crippen LogP contribution is -2.10. The van der Waals surface area contributed by atoms with Gasteiger partial charge in [0.1, 0.15) is 16.5 Å².